The van der Waals surface area contributed by atoms with E-state index in [1.807, 2.05) is 55.5 Å². The van der Waals surface area contributed by atoms with Crippen molar-refractivity contribution in [2.45, 2.75) is 19.1 Å². The van der Waals surface area contributed by atoms with Gasteiger partial charge in [0.15, 0.2) is 5.76 Å². The molecule has 0 amide bonds. The highest BCUT2D eigenvalue weighted by Crippen LogP contribution is 2.33. The Kier molecular flexibility index (Phi) is 5.64. The predicted octanol–water partition coefficient (Wildman–Crippen LogP) is 5.60. The molecule has 1 aromatic carbocycles. The topological polar surface area (TPSA) is 26.0 Å². The highest BCUT2D eigenvalue weighted by molar-refractivity contribution is 7.99. The van der Waals surface area contributed by atoms with Crippen molar-refractivity contribution in [3.05, 3.63) is 66.9 Å². The first kappa shape index (κ1) is 15.4. The summed E-state index contributed by atoms with van der Waals surface area (Å²) in [7, 11) is 0. The minimum absolute atomic E-state index is 0.700. The van der Waals surface area contributed by atoms with Crippen molar-refractivity contribution < 1.29 is 4.42 Å². The first-order valence-corrected chi connectivity index (χ1v) is 7.93. The van der Waals surface area contributed by atoms with Crippen molar-refractivity contribution >= 4 is 17.3 Å². The van der Waals surface area contributed by atoms with Crippen LogP contribution in [0.3, 0.4) is 0 Å². The van der Waals surface area contributed by atoms with Gasteiger partial charge in [0.2, 0.25) is 0 Å². The number of aromatic nitrogens is 1. The Bertz CT molecular complexity index is 653. The molecule has 2 nitrogen and oxygen atoms in total. The fourth-order valence-corrected chi connectivity index (χ4v) is 2.53. The third-order valence-electron chi connectivity index (χ3n) is 2.83. The third kappa shape index (κ3) is 3.76. The highest BCUT2D eigenvalue weighted by Gasteiger charge is 2.17. The van der Waals surface area contributed by atoms with Gasteiger partial charge in [-0.1, -0.05) is 79.9 Å². The number of hydrogen-bond donors (Lipinski definition) is 0. The highest BCUT2D eigenvalue weighted by atomic mass is 32.2. The number of allylic oxidation sites excluding steroid dienone is 5. The van der Waals surface area contributed by atoms with Gasteiger partial charge in [-0.3, -0.25) is 0 Å². The van der Waals surface area contributed by atoms with Crippen LogP contribution in [0.2, 0.25) is 0 Å². The Labute approximate surface area is 130 Å². The molecule has 0 saturated heterocycles. The Morgan fingerprint density at radius 1 is 1.33 bits per heavy atom. The lowest BCUT2D eigenvalue weighted by molar-refractivity contribution is 0.466. The summed E-state index contributed by atoms with van der Waals surface area (Å²) in [5, 5.41) is 0.700. The first-order valence-electron chi connectivity index (χ1n) is 6.95. The molecule has 3 heteroatoms. The molecule has 0 N–H and O–H groups in total. The van der Waals surface area contributed by atoms with Crippen molar-refractivity contribution in [3.8, 4) is 11.3 Å². The number of thioether (sulfide) groups is 1. The van der Waals surface area contributed by atoms with Crippen LogP contribution in [0.15, 0.2) is 70.9 Å². The van der Waals surface area contributed by atoms with Gasteiger partial charge in [-0.2, -0.15) is 0 Å². The van der Waals surface area contributed by atoms with Gasteiger partial charge in [0.1, 0.15) is 5.69 Å². The maximum absolute atomic E-state index is 5.96. The van der Waals surface area contributed by atoms with E-state index in [2.05, 4.69) is 18.5 Å². The van der Waals surface area contributed by atoms with Crippen molar-refractivity contribution in [2.24, 2.45) is 0 Å². The monoisotopic (exact) mass is 297 g/mol. The fourth-order valence-electron chi connectivity index (χ4n) is 1.99. The molecule has 0 spiro atoms. The van der Waals surface area contributed by atoms with Crippen LogP contribution in [0.1, 0.15) is 19.5 Å². The number of nitrogens with zero attached hydrogens (tertiary/aromatic N) is 1. The summed E-state index contributed by atoms with van der Waals surface area (Å²) in [4.78, 5) is 4.64. The van der Waals surface area contributed by atoms with E-state index < -0.39 is 0 Å². The van der Waals surface area contributed by atoms with Crippen molar-refractivity contribution in [1.82, 2.24) is 4.98 Å². The van der Waals surface area contributed by atoms with Gasteiger partial charge in [-0.15, -0.1) is 0 Å². The Morgan fingerprint density at radius 3 is 2.71 bits per heavy atom. The average molecular weight is 297 g/mol. The number of oxazole rings is 1. The molecule has 0 aliphatic carbocycles. The van der Waals surface area contributed by atoms with Crippen LogP contribution in [0.5, 0.6) is 0 Å². The van der Waals surface area contributed by atoms with Gasteiger partial charge in [0, 0.05) is 11.1 Å². The lowest BCUT2D eigenvalue weighted by atomic mass is 10.1. The van der Waals surface area contributed by atoms with E-state index >= 15 is 0 Å². The van der Waals surface area contributed by atoms with E-state index in [9.17, 15) is 0 Å². The standard InChI is InChI=1S/C18H19NOS/c1-4-10-14(11-5-2)16-17(15-12-8-7-9-13-15)20-18(19-16)21-6-3/h4-5,7-13H,1,6H2,2-3H3/b11-5-,14-10+. The first-order chi connectivity index (χ1) is 10.3. The van der Waals surface area contributed by atoms with Crippen molar-refractivity contribution in [3.63, 3.8) is 0 Å². The molecule has 21 heavy (non-hydrogen) atoms. The van der Waals surface area contributed by atoms with E-state index in [0.717, 1.165) is 28.3 Å². The molecule has 2 aromatic rings. The molecular weight excluding hydrogens is 278 g/mol. The van der Waals surface area contributed by atoms with Gasteiger partial charge in [0.25, 0.3) is 5.22 Å². The summed E-state index contributed by atoms with van der Waals surface area (Å²) < 4.78 is 5.96. The zero-order valence-electron chi connectivity index (χ0n) is 12.4. The number of rotatable bonds is 6. The summed E-state index contributed by atoms with van der Waals surface area (Å²) in [6, 6.07) is 10.1. The molecule has 0 fully saturated rings. The fraction of sp³-hybridized carbons (Fsp3) is 0.167. The van der Waals surface area contributed by atoms with Crippen LogP contribution in [0.4, 0.5) is 0 Å². The van der Waals surface area contributed by atoms with Crippen LogP contribution in [0.25, 0.3) is 16.9 Å². The second-order valence-electron chi connectivity index (χ2n) is 4.31. The van der Waals surface area contributed by atoms with E-state index in [4.69, 9.17) is 4.42 Å². The predicted molar refractivity (Wildman–Crippen MR) is 91.3 cm³/mol. The molecule has 0 radical (unpaired) electrons. The second-order valence-corrected chi connectivity index (χ2v) is 5.53. The van der Waals surface area contributed by atoms with Crippen molar-refractivity contribution in [1.29, 1.82) is 0 Å². The summed E-state index contributed by atoms with van der Waals surface area (Å²) in [6.07, 6.45) is 7.73. The smallest absolute Gasteiger partial charge is 0.256 e. The van der Waals surface area contributed by atoms with Crippen LogP contribution in [-0.4, -0.2) is 10.7 Å². The van der Waals surface area contributed by atoms with E-state index in [1.165, 1.54) is 0 Å². The molecule has 1 aromatic heterocycles. The van der Waals surface area contributed by atoms with Crippen LogP contribution in [0, 0.1) is 0 Å². The van der Waals surface area contributed by atoms with Gasteiger partial charge >= 0.3 is 0 Å². The normalized spacial score (nSPS) is 12.0. The molecule has 0 aliphatic rings. The van der Waals surface area contributed by atoms with Crippen molar-refractivity contribution in [2.75, 3.05) is 5.75 Å². The second kappa shape index (κ2) is 7.70. The van der Waals surface area contributed by atoms with Gasteiger partial charge in [-0.05, 0) is 12.7 Å². The number of hydrogen-bond acceptors (Lipinski definition) is 3. The lowest BCUT2D eigenvalue weighted by Crippen LogP contribution is -1.86. The molecule has 0 bridgehead atoms. The van der Waals surface area contributed by atoms with Gasteiger partial charge < -0.3 is 4.42 Å². The largest absolute Gasteiger partial charge is 0.431 e. The minimum atomic E-state index is 0.700. The van der Waals surface area contributed by atoms with Crippen LogP contribution >= 0.6 is 11.8 Å². The molecule has 0 atom stereocenters. The zero-order valence-corrected chi connectivity index (χ0v) is 13.2. The average Bonchev–Trinajstić information content (AvgIpc) is 2.92. The Balaban J connectivity index is 2.57. The summed E-state index contributed by atoms with van der Waals surface area (Å²) in [5.74, 6) is 1.73. The van der Waals surface area contributed by atoms with Crippen LogP contribution < -0.4 is 0 Å². The molecule has 0 unspecified atom stereocenters. The Morgan fingerprint density at radius 2 is 2.10 bits per heavy atom. The number of benzene rings is 1. The molecular formula is C18H19NOS. The molecule has 108 valence electrons. The zero-order chi connectivity index (χ0) is 15.1. The van der Waals surface area contributed by atoms with Crippen LogP contribution in [-0.2, 0) is 0 Å². The van der Waals surface area contributed by atoms with E-state index in [0.29, 0.717) is 5.22 Å². The minimum Gasteiger partial charge on any atom is -0.431 e. The Hall–Kier alpha value is -2.00. The molecule has 0 saturated carbocycles. The molecule has 0 aliphatic heterocycles. The third-order valence-corrected chi connectivity index (χ3v) is 3.54. The summed E-state index contributed by atoms with van der Waals surface area (Å²) >= 11 is 1.60. The molecule has 1 heterocycles. The quantitative estimate of drug-likeness (QED) is 0.513. The summed E-state index contributed by atoms with van der Waals surface area (Å²) in [5.41, 5.74) is 2.88. The lowest BCUT2D eigenvalue weighted by Gasteiger charge is -2.01. The van der Waals surface area contributed by atoms with E-state index in [1.54, 1.807) is 17.8 Å². The maximum Gasteiger partial charge on any atom is 0.256 e. The van der Waals surface area contributed by atoms with Gasteiger partial charge in [0.05, 0.1) is 0 Å². The SMILES string of the molecule is C=C/C=C(\C=C/C)c1nc(SCC)oc1-c1ccccc1. The molecule has 2 rings (SSSR count). The van der Waals surface area contributed by atoms with E-state index in [-0.39, 0.29) is 0 Å². The summed E-state index contributed by atoms with van der Waals surface area (Å²) in [6.45, 7) is 7.85. The van der Waals surface area contributed by atoms with Gasteiger partial charge in [-0.25, -0.2) is 4.98 Å². The maximum atomic E-state index is 5.96.